The number of aliphatic hydroxyl groups is 1. The third-order valence-corrected chi connectivity index (χ3v) is 6.87. The number of nitrogens with one attached hydrogen (secondary N) is 2. The maximum atomic E-state index is 11.9. The first kappa shape index (κ1) is 23.5. The quantitative estimate of drug-likeness (QED) is 0.472. The Kier molecular flexibility index (Phi) is 6.83. The van der Waals surface area contributed by atoms with Gasteiger partial charge in [-0.15, -0.1) is 5.10 Å². The van der Waals surface area contributed by atoms with Gasteiger partial charge in [-0.2, -0.15) is 0 Å². The summed E-state index contributed by atoms with van der Waals surface area (Å²) in [5.74, 6) is 1.66. The van der Waals surface area contributed by atoms with Crippen LogP contribution in [-0.4, -0.2) is 76.1 Å². The minimum absolute atomic E-state index is 0.00988. The maximum absolute atomic E-state index is 11.9. The highest BCUT2D eigenvalue weighted by molar-refractivity contribution is 5.85. The number of piperazine rings is 1. The molecule has 0 spiro atoms. The molecule has 3 N–H and O–H groups in total. The molecule has 1 aliphatic heterocycles. The fourth-order valence-corrected chi connectivity index (χ4v) is 5.08. The molecule has 3 aromatic rings. The minimum atomic E-state index is -0.219. The molecule has 1 saturated heterocycles. The Balaban J connectivity index is 1.54. The molecule has 10 heteroatoms. The van der Waals surface area contributed by atoms with Crippen molar-refractivity contribution in [2.75, 3.05) is 43.6 Å². The number of carbonyl (C=O) groups excluding carboxylic acids is 1. The Labute approximate surface area is 204 Å². The van der Waals surface area contributed by atoms with Crippen molar-refractivity contribution in [1.82, 2.24) is 24.9 Å². The lowest BCUT2D eigenvalue weighted by Crippen LogP contribution is -2.48. The van der Waals surface area contributed by atoms with Crippen molar-refractivity contribution in [2.24, 2.45) is 0 Å². The van der Waals surface area contributed by atoms with E-state index in [4.69, 9.17) is 9.84 Å². The Bertz CT molecular complexity index is 1190. The number of hydrogen-bond donors (Lipinski definition) is 3. The molecule has 1 saturated carbocycles. The number of aromatic nitrogens is 4. The molecule has 2 aliphatic rings. The van der Waals surface area contributed by atoms with Crippen molar-refractivity contribution in [3.8, 4) is 11.1 Å². The van der Waals surface area contributed by atoms with Crippen LogP contribution in [0, 0.1) is 0 Å². The highest BCUT2D eigenvalue weighted by Crippen LogP contribution is 2.38. The number of rotatable bonds is 7. The van der Waals surface area contributed by atoms with Gasteiger partial charge in [-0.25, -0.2) is 14.5 Å². The highest BCUT2D eigenvalue weighted by Gasteiger charge is 2.26. The van der Waals surface area contributed by atoms with Crippen LogP contribution >= 0.6 is 0 Å². The van der Waals surface area contributed by atoms with E-state index in [2.05, 4.69) is 26.7 Å². The lowest BCUT2D eigenvalue weighted by atomic mass is 9.85. The number of hydrogen-bond acceptors (Lipinski definition) is 8. The average molecular weight is 480 g/mol. The highest BCUT2D eigenvalue weighted by atomic mass is 16.5. The summed E-state index contributed by atoms with van der Waals surface area (Å²) in [5.41, 5.74) is 4.09. The molecular formula is C25H33N7O3. The predicted molar refractivity (Wildman–Crippen MR) is 134 cm³/mol. The number of nitrogens with zero attached hydrogens (tertiary/aromatic N) is 5. The number of pyridine rings is 1. The van der Waals surface area contributed by atoms with Gasteiger partial charge in [-0.1, -0.05) is 0 Å². The Morgan fingerprint density at radius 2 is 2.09 bits per heavy atom. The molecule has 1 aliphatic carbocycles. The molecule has 35 heavy (non-hydrogen) atoms. The Morgan fingerprint density at radius 3 is 2.86 bits per heavy atom. The summed E-state index contributed by atoms with van der Waals surface area (Å²) in [6.45, 7) is 4.23. The van der Waals surface area contributed by atoms with Gasteiger partial charge in [0.25, 0.3) is 0 Å². The van der Waals surface area contributed by atoms with Crippen molar-refractivity contribution in [3.63, 3.8) is 0 Å². The maximum Gasteiger partial charge on any atom is 0.241 e. The van der Waals surface area contributed by atoms with Gasteiger partial charge in [-0.05, 0) is 56.4 Å². The van der Waals surface area contributed by atoms with Gasteiger partial charge in [-0.3, -0.25) is 4.79 Å². The molecule has 3 aromatic heterocycles. The van der Waals surface area contributed by atoms with E-state index in [1.54, 1.807) is 13.3 Å². The minimum Gasteiger partial charge on any atom is -0.393 e. The van der Waals surface area contributed by atoms with Crippen LogP contribution in [0.4, 0.5) is 11.8 Å². The summed E-state index contributed by atoms with van der Waals surface area (Å²) < 4.78 is 7.24. The second-order valence-electron chi connectivity index (χ2n) is 9.54. The number of anilines is 2. The van der Waals surface area contributed by atoms with Crippen LogP contribution in [0.1, 0.15) is 44.2 Å². The molecule has 0 bridgehead atoms. The smallest absolute Gasteiger partial charge is 0.241 e. The molecule has 0 radical (unpaired) electrons. The van der Waals surface area contributed by atoms with Crippen molar-refractivity contribution in [2.45, 2.75) is 50.7 Å². The normalized spacial score (nSPS) is 21.7. The SMILES string of the molecule is COC[C@H](C)Nc1ncc2c(-c3ccnc(N4CCNC(=O)C4)c3)cc([C@H]3CC[C@H](O)CC3)n2n1. The molecule has 1 amide bonds. The summed E-state index contributed by atoms with van der Waals surface area (Å²) in [6, 6.07) is 6.31. The summed E-state index contributed by atoms with van der Waals surface area (Å²) in [4.78, 5) is 23.0. The molecule has 0 aromatic carbocycles. The Hall–Kier alpha value is -3.24. The Morgan fingerprint density at radius 1 is 1.26 bits per heavy atom. The van der Waals surface area contributed by atoms with Crippen LogP contribution in [0.15, 0.2) is 30.6 Å². The van der Waals surface area contributed by atoms with Crippen LogP contribution < -0.4 is 15.5 Å². The van der Waals surface area contributed by atoms with E-state index in [0.29, 0.717) is 31.6 Å². The van der Waals surface area contributed by atoms with Crippen molar-refractivity contribution in [1.29, 1.82) is 0 Å². The van der Waals surface area contributed by atoms with Crippen molar-refractivity contribution >= 4 is 23.2 Å². The van der Waals surface area contributed by atoms with Gasteiger partial charge in [0, 0.05) is 49.6 Å². The van der Waals surface area contributed by atoms with Gasteiger partial charge >= 0.3 is 0 Å². The van der Waals surface area contributed by atoms with E-state index in [-0.39, 0.29) is 18.1 Å². The third kappa shape index (κ3) is 5.08. The molecule has 5 rings (SSSR count). The van der Waals surface area contributed by atoms with Gasteiger partial charge in [0.2, 0.25) is 11.9 Å². The lowest BCUT2D eigenvalue weighted by molar-refractivity contribution is -0.120. The molecular weight excluding hydrogens is 446 g/mol. The fraction of sp³-hybridized carbons (Fsp3) is 0.520. The number of methoxy groups -OCH3 is 1. The first-order valence-corrected chi connectivity index (χ1v) is 12.3. The number of aliphatic hydroxyl groups excluding tert-OH is 1. The largest absolute Gasteiger partial charge is 0.393 e. The van der Waals surface area contributed by atoms with Crippen LogP contribution in [0.2, 0.25) is 0 Å². The summed E-state index contributed by atoms with van der Waals surface area (Å²) in [7, 11) is 1.68. The zero-order chi connectivity index (χ0) is 24.4. The molecule has 10 nitrogen and oxygen atoms in total. The second-order valence-corrected chi connectivity index (χ2v) is 9.54. The second kappa shape index (κ2) is 10.2. The van der Waals surface area contributed by atoms with Crippen LogP contribution in [-0.2, 0) is 9.53 Å². The van der Waals surface area contributed by atoms with E-state index in [1.165, 1.54) is 0 Å². The van der Waals surface area contributed by atoms with Gasteiger partial charge in [0.1, 0.15) is 5.82 Å². The van der Waals surface area contributed by atoms with E-state index < -0.39 is 0 Å². The molecule has 0 unspecified atom stereocenters. The monoisotopic (exact) mass is 479 g/mol. The number of amides is 1. The number of carbonyl (C=O) groups is 1. The lowest BCUT2D eigenvalue weighted by Gasteiger charge is -2.27. The summed E-state index contributed by atoms with van der Waals surface area (Å²) in [6.07, 6.45) is 6.87. The first-order valence-electron chi connectivity index (χ1n) is 12.3. The summed E-state index contributed by atoms with van der Waals surface area (Å²) >= 11 is 0. The van der Waals surface area contributed by atoms with Crippen LogP contribution in [0.3, 0.4) is 0 Å². The summed E-state index contributed by atoms with van der Waals surface area (Å²) in [5, 5.41) is 21.1. The van der Waals surface area contributed by atoms with Crippen LogP contribution in [0.25, 0.3) is 16.6 Å². The molecule has 1 atom stereocenters. The van der Waals surface area contributed by atoms with Crippen molar-refractivity contribution < 1.29 is 14.6 Å². The fourth-order valence-electron chi connectivity index (χ4n) is 5.08. The average Bonchev–Trinajstić information content (AvgIpc) is 3.24. The molecule has 4 heterocycles. The first-order chi connectivity index (χ1) is 17.0. The van der Waals surface area contributed by atoms with E-state index >= 15 is 0 Å². The van der Waals surface area contributed by atoms with E-state index in [1.807, 2.05) is 34.7 Å². The predicted octanol–water partition coefficient (Wildman–Crippen LogP) is 2.19. The topological polar surface area (TPSA) is 117 Å². The van der Waals surface area contributed by atoms with Gasteiger partial charge < -0.3 is 25.4 Å². The van der Waals surface area contributed by atoms with Crippen LogP contribution in [0.5, 0.6) is 0 Å². The van der Waals surface area contributed by atoms with E-state index in [9.17, 15) is 9.90 Å². The molecule has 186 valence electrons. The van der Waals surface area contributed by atoms with E-state index in [0.717, 1.165) is 60.4 Å². The van der Waals surface area contributed by atoms with Gasteiger partial charge in [0.15, 0.2) is 0 Å². The molecule has 2 fully saturated rings. The number of fused-ring (bicyclic) bond motifs is 1. The third-order valence-electron chi connectivity index (χ3n) is 6.87. The zero-order valence-electron chi connectivity index (χ0n) is 20.3. The zero-order valence-corrected chi connectivity index (χ0v) is 20.3. The number of ether oxygens (including phenoxy) is 1. The van der Waals surface area contributed by atoms with Crippen molar-refractivity contribution in [3.05, 3.63) is 36.3 Å². The van der Waals surface area contributed by atoms with Gasteiger partial charge in [0.05, 0.1) is 31.0 Å². The standard InChI is InChI=1S/C25H33N7O3/c1-16(15-35-2)29-25-28-13-22-20(12-21(32(22)30-25)17-3-5-19(33)6-4-17)18-7-8-26-23(11-18)31-10-9-27-24(34)14-31/h7-8,11-13,16-17,19,33H,3-6,9-10,14-15H2,1-2H3,(H,27,34)(H,29,30)/t16-,17-,19-/m0/s1.